The molecule has 2 aliphatic rings. The van der Waals surface area contributed by atoms with Crippen molar-refractivity contribution in [3.05, 3.63) is 71.0 Å². The highest BCUT2D eigenvalue weighted by molar-refractivity contribution is 5.81. The summed E-state index contributed by atoms with van der Waals surface area (Å²) in [6.07, 6.45) is 7.68. The van der Waals surface area contributed by atoms with Crippen molar-refractivity contribution in [3.63, 3.8) is 0 Å². The molecular formula is C27H28N6O3. The minimum absolute atomic E-state index is 0.143. The van der Waals surface area contributed by atoms with Gasteiger partial charge in [-0.25, -0.2) is 9.67 Å². The van der Waals surface area contributed by atoms with Crippen molar-refractivity contribution in [2.24, 2.45) is 5.92 Å². The predicted molar refractivity (Wildman–Crippen MR) is 135 cm³/mol. The molecule has 3 aromatic heterocycles. The Morgan fingerprint density at radius 1 is 1.06 bits per heavy atom. The van der Waals surface area contributed by atoms with E-state index in [1.54, 1.807) is 4.68 Å². The van der Waals surface area contributed by atoms with Gasteiger partial charge in [0.05, 0.1) is 29.7 Å². The van der Waals surface area contributed by atoms with Crippen LogP contribution in [0.2, 0.25) is 0 Å². The molecule has 1 saturated carbocycles. The van der Waals surface area contributed by atoms with Crippen LogP contribution in [0.3, 0.4) is 0 Å². The van der Waals surface area contributed by atoms with Crippen molar-refractivity contribution in [2.75, 3.05) is 13.1 Å². The number of amides is 1. The molecule has 0 bridgehead atoms. The maximum absolute atomic E-state index is 13.2. The number of likely N-dealkylation sites (tertiary alicyclic amines) is 1. The van der Waals surface area contributed by atoms with Crippen LogP contribution < -0.4 is 5.56 Å². The summed E-state index contributed by atoms with van der Waals surface area (Å²) >= 11 is 0. The van der Waals surface area contributed by atoms with E-state index in [2.05, 4.69) is 15.1 Å². The zero-order valence-corrected chi connectivity index (χ0v) is 20.2. The first kappa shape index (κ1) is 22.6. The van der Waals surface area contributed by atoms with Crippen LogP contribution in [0.15, 0.2) is 59.9 Å². The van der Waals surface area contributed by atoms with Crippen LogP contribution in [0, 0.1) is 12.8 Å². The van der Waals surface area contributed by atoms with E-state index in [9.17, 15) is 14.7 Å². The number of carbonyl (C=O) groups excluding carboxylic acids is 1. The first-order chi connectivity index (χ1) is 17.4. The minimum Gasteiger partial charge on any atom is -0.388 e. The summed E-state index contributed by atoms with van der Waals surface area (Å²) in [4.78, 5) is 36.4. The van der Waals surface area contributed by atoms with Crippen molar-refractivity contribution in [2.45, 2.75) is 44.8 Å². The third kappa shape index (κ3) is 4.19. The standard InChI is InChI=1S/C27H28N6O3/c1-18-2-9-23(28-14-18)19-5-7-21(8-6-19)33-24-22(15-30-33)26(35)32(17-29-24)16-27(36)10-12-31(13-11-27)25(34)20-3-4-20/h2,5-9,14-15,17,20,36H,3-4,10-13,16H2,1H3. The maximum atomic E-state index is 13.2. The lowest BCUT2D eigenvalue weighted by atomic mass is 9.91. The molecule has 0 spiro atoms. The molecule has 4 aromatic rings. The number of aryl methyl sites for hydroxylation is 1. The first-order valence-electron chi connectivity index (χ1n) is 12.4. The molecule has 1 saturated heterocycles. The van der Waals surface area contributed by atoms with Gasteiger partial charge < -0.3 is 10.0 Å². The van der Waals surface area contributed by atoms with Crippen LogP contribution in [0.4, 0.5) is 0 Å². The van der Waals surface area contributed by atoms with Crippen molar-refractivity contribution >= 4 is 16.9 Å². The molecule has 4 heterocycles. The SMILES string of the molecule is Cc1ccc(-c2ccc(-n3ncc4c(=O)n(CC5(O)CCN(C(=O)C6CC6)CC5)cnc43)cc2)nc1. The van der Waals surface area contributed by atoms with Crippen molar-refractivity contribution in [3.8, 4) is 16.9 Å². The summed E-state index contributed by atoms with van der Waals surface area (Å²) in [6, 6.07) is 11.8. The fraction of sp³-hybridized carbons (Fsp3) is 0.370. The molecule has 0 unspecified atom stereocenters. The van der Waals surface area contributed by atoms with E-state index in [1.165, 1.54) is 17.1 Å². The van der Waals surface area contributed by atoms with Gasteiger partial charge in [-0.2, -0.15) is 5.10 Å². The lowest BCUT2D eigenvalue weighted by molar-refractivity contribution is -0.137. The molecule has 1 aliphatic heterocycles. The lowest BCUT2D eigenvalue weighted by Gasteiger charge is -2.38. The van der Waals surface area contributed by atoms with Gasteiger partial charge in [0.2, 0.25) is 5.91 Å². The van der Waals surface area contributed by atoms with E-state index in [0.717, 1.165) is 35.3 Å². The zero-order valence-electron chi connectivity index (χ0n) is 20.2. The number of carbonyl (C=O) groups is 1. The fourth-order valence-corrected chi connectivity index (χ4v) is 4.87. The van der Waals surface area contributed by atoms with Crippen molar-refractivity contribution in [1.82, 2.24) is 29.2 Å². The van der Waals surface area contributed by atoms with Crippen molar-refractivity contribution in [1.29, 1.82) is 0 Å². The highest BCUT2D eigenvalue weighted by Crippen LogP contribution is 2.33. The number of hydrogen-bond donors (Lipinski definition) is 1. The average Bonchev–Trinajstić information content (AvgIpc) is 3.65. The summed E-state index contributed by atoms with van der Waals surface area (Å²) in [5.41, 5.74) is 2.96. The first-order valence-corrected chi connectivity index (χ1v) is 12.4. The maximum Gasteiger partial charge on any atom is 0.264 e. The number of rotatable bonds is 5. The van der Waals surface area contributed by atoms with Crippen LogP contribution in [0.25, 0.3) is 28.0 Å². The molecule has 0 radical (unpaired) electrons. The van der Waals surface area contributed by atoms with Crippen LogP contribution >= 0.6 is 0 Å². The average molecular weight is 485 g/mol. The summed E-state index contributed by atoms with van der Waals surface area (Å²) < 4.78 is 3.10. The molecule has 1 N–H and O–H groups in total. The Labute approximate surface area is 208 Å². The number of nitrogens with zero attached hydrogens (tertiary/aromatic N) is 6. The summed E-state index contributed by atoms with van der Waals surface area (Å²) in [6.45, 7) is 3.18. The van der Waals surface area contributed by atoms with Gasteiger partial charge in [0, 0.05) is 30.8 Å². The summed E-state index contributed by atoms with van der Waals surface area (Å²) in [7, 11) is 0. The monoisotopic (exact) mass is 484 g/mol. The number of hydrogen-bond acceptors (Lipinski definition) is 6. The van der Waals surface area contributed by atoms with E-state index in [0.29, 0.717) is 37.0 Å². The third-order valence-electron chi connectivity index (χ3n) is 7.27. The minimum atomic E-state index is -1.05. The fourth-order valence-electron chi connectivity index (χ4n) is 4.87. The largest absolute Gasteiger partial charge is 0.388 e. The Bertz CT molecular complexity index is 1480. The molecule has 0 atom stereocenters. The highest BCUT2D eigenvalue weighted by atomic mass is 16.3. The van der Waals surface area contributed by atoms with Crippen LogP contribution in [-0.4, -0.2) is 58.9 Å². The number of aliphatic hydroxyl groups is 1. The number of pyridine rings is 1. The van der Waals surface area contributed by atoms with Gasteiger partial charge in [-0.1, -0.05) is 18.2 Å². The van der Waals surface area contributed by atoms with Gasteiger partial charge in [-0.05, 0) is 56.4 Å². The molecule has 9 nitrogen and oxygen atoms in total. The van der Waals surface area contributed by atoms with Crippen LogP contribution in [0.5, 0.6) is 0 Å². The number of piperidine rings is 1. The van der Waals surface area contributed by atoms with E-state index in [1.807, 2.05) is 54.4 Å². The zero-order chi connectivity index (χ0) is 24.9. The summed E-state index contributed by atoms with van der Waals surface area (Å²) in [5, 5.41) is 16.0. The Balaban J connectivity index is 1.21. The highest BCUT2D eigenvalue weighted by Gasteiger charge is 2.39. The Kier molecular flexibility index (Phi) is 5.44. The molecule has 2 fully saturated rings. The third-order valence-corrected chi connectivity index (χ3v) is 7.27. The topological polar surface area (TPSA) is 106 Å². The van der Waals surface area contributed by atoms with E-state index in [-0.39, 0.29) is 23.9 Å². The van der Waals surface area contributed by atoms with Gasteiger partial charge in [-0.15, -0.1) is 0 Å². The Morgan fingerprint density at radius 2 is 1.81 bits per heavy atom. The van der Waals surface area contributed by atoms with Gasteiger partial charge in [0.25, 0.3) is 5.56 Å². The van der Waals surface area contributed by atoms with E-state index < -0.39 is 5.60 Å². The second kappa shape index (κ2) is 8.67. The van der Waals surface area contributed by atoms with Gasteiger partial charge in [-0.3, -0.25) is 19.1 Å². The van der Waals surface area contributed by atoms with E-state index in [4.69, 9.17) is 0 Å². The molecule has 184 valence electrons. The number of fused-ring (bicyclic) bond motifs is 1. The van der Waals surface area contributed by atoms with Gasteiger partial charge >= 0.3 is 0 Å². The van der Waals surface area contributed by atoms with Gasteiger partial charge in [0.15, 0.2) is 5.65 Å². The second-order valence-corrected chi connectivity index (χ2v) is 10.1. The molecule has 1 aromatic carbocycles. The van der Waals surface area contributed by atoms with Crippen LogP contribution in [-0.2, 0) is 11.3 Å². The molecule has 36 heavy (non-hydrogen) atoms. The number of benzene rings is 1. The second-order valence-electron chi connectivity index (χ2n) is 10.1. The molecule has 1 aliphatic carbocycles. The van der Waals surface area contributed by atoms with E-state index >= 15 is 0 Å². The van der Waals surface area contributed by atoms with Crippen LogP contribution in [0.1, 0.15) is 31.2 Å². The number of aromatic nitrogens is 5. The molecule has 9 heteroatoms. The smallest absolute Gasteiger partial charge is 0.264 e. The molecular weight excluding hydrogens is 456 g/mol. The Hall–Kier alpha value is -3.85. The summed E-state index contributed by atoms with van der Waals surface area (Å²) in [5.74, 6) is 0.380. The molecule has 1 amide bonds. The Morgan fingerprint density at radius 3 is 2.47 bits per heavy atom. The lowest BCUT2D eigenvalue weighted by Crippen LogP contribution is -2.50. The molecule has 6 rings (SSSR count). The normalized spacial score (nSPS) is 17.4. The van der Waals surface area contributed by atoms with Gasteiger partial charge in [0.1, 0.15) is 11.7 Å². The quantitative estimate of drug-likeness (QED) is 0.467. The predicted octanol–water partition coefficient (Wildman–Crippen LogP) is 2.72. The van der Waals surface area contributed by atoms with Crippen molar-refractivity contribution < 1.29 is 9.90 Å².